The third kappa shape index (κ3) is 4.57. The van der Waals surface area contributed by atoms with Gasteiger partial charge in [0.1, 0.15) is 6.54 Å². The van der Waals surface area contributed by atoms with Crippen LogP contribution in [0.1, 0.15) is 43.7 Å². The maximum absolute atomic E-state index is 12.0. The van der Waals surface area contributed by atoms with Crippen LogP contribution in [-0.4, -0.2) is 37.7 Å². The number of amides is 1. The first-order chi connectivity index (χ1) is 11.2. The molecule has 2 aromatic heterocycles. The van der Waals surface area contributed by atoms with E-state index in [1.54, 1.807) is 10.9 Å². The van der Waals surface area contributed by atoms with Gasteiger partial charge in [-0.3, -0.25) is 9.48 Å². The Kier molecular flexibility index (Phi) is 5.32. The second-order valence-electron chi connectivity index (χ2n) is 5.78. The monoisotopic (exact) mass is 335 g/mol. The van der Waals surface area contributed by atoms with Crippen LogP contribution in [0.3, 0.4) is 0 Å². The molecule has 23 heavy (non-hydrogen) atoms. The number of nitrogens with zero attached hydrogens (tertiary/aromatic N) is 4. The van der Waals surface area contributed by atoms with E-state index in [9.17, 15) is 4.79 Å². The maximum Gasteiger partial charge on any atom is 0.277 e. The van der Waals surface area contributed by atoms with E-state index >= 15 is 0 Å². The van der Waals surface area contributed by atoms with E-state index in [2.05, 4.69) is 20.6 Å². The summed E-state index contributed by atoms with van der Waals surface area (Å²) in [6.07, 6.45) is 7.60. The fraction of sp³-hybridized carbons (Fsp3) is 0.600. The fourth-order valence-corrected chi connectivity index (χ4v) is 3.29. The third-order valence-corrected chi connectivity index (χ3v) is 4.78. The van der Waals surface area contributed by atoms with Crippen molar-refractivity contribution in [2.24, 2.45) is 0 Å². The molecule has 2 heterocycles. The van der Waals surface area contributed by atoms with Crippen LogP contribution < -0.4 is 5.32 Å². The van der Waals surface area contributed by atoms with Crippen molar-refractivity contribution in [3.63, 3.8) is 0 Å². The Balaban J connectivity index is 1.45. The van der Waals surface area contributed by atoms with Crippen LogP contribution in [-0.2, 0) is 11.3 Å². The fourth-order valence-electron chi connectivity index (χ4n) is 2.70. The zero-order valence-electron chi connectivity index (χ0n) is 13.2. The van der Waals surface area contributed by atoms with Gasteiger partial charge in [0.25, 0.3) is 5.22 Å². The second-order valence-corrected chi connectivity index (χ2v) is 6.71. The molecular weight excluding hydrogens is 314 g/mol. The van der Waals surface area contributed by atoms with Gasteiger partial charge >= 0.3 is 0 Å². The van der Waals surface area contributed by atoms with Crippen molar-refractivity contribution in [2.75, 3.05) is 5.75 Å². The molecule has 1 fully saturated rings. The largest absolute Gasteiger partial charge is 0.414 e. The average Bonchev–Trinajstić information content (AvgIpc) is 3.16. The van der Waals surface area contributed by atoms with Crippen molar-refractivity contribution in [1.29, 1.82) is 0 Å². The van der Waals surface area contributed by atoms with Gasteiger partial charge in [0.05, 0.1) is 5.75 Å². The molecule has 1 aliphatic carbocycles. The predicted molar refractivity (Wildman–Crippen MR) is 86.1 cm³/mol. The van der Waals surface area contributed by atoms with E-state index in [1.165, 1.54) is 31.0 Å². The van der Waals surface area contributed by atoms with Crippen molar-refractivity contribution in [2.45, 2.75) is 56.8 Å². The van der Waals surface area contributed by atoms with Crippen LogP contribution in [0.4, 0.5) is 0 Å². The van der Waals surface area contributed by atoms with Gasteiger partial charge in [0.2, 0.25) is 11.8 Å². The molecular formula is C15H21N5O2S. The summed E-state index contributed by atoms with van der Waals surface area (Å²) in [6, 6.07) is 2.25. The molecule has 0 bridgehead atoms. The molecule has 124 valence electrons. The molecule has 0 spiro atoms. The van der Waals surface area contributed by atoms with E-state index < -0.39 is 0 Å². The first-order valence-electron chi connectivity index (χ1n) is 7.93. The van der Waals surface area contributed by atoms with Gasteiger partial charge < -0.3 is 9.73 Å². The van der Waals surface area contributed by atoms with E-state index in [-0.39, 0.29) is 5.91 Å². The van der Waals surface area contributed by atoms with E-state index in [0.29, 0.717) is 29.5 Å². The first-order valence-corrected chi connectivity index (χ1v) is 8.92. The lowest BCUT2D eigenvalue weighted by atomic mass is 9.95. The zero-order valence-corrected chi connectivity index (χ0v) is 14.0. The number of aryl methyl sites for hydroxylation is 1. The third-order valence-electron chi connectivity index (χ3n) is 3.96. The Morgan fingerprint density at radius 2 is 2.22 bits per heavy atom. The van der Waals surface area contributed by atoms with Crippen LogP contribution >= 0.6 is 11.8 Å². The van der Waals surface area contributed by atoms with Crippen LogP contribution in [0, 0.1) is 6.92 Å². The van der Waals surface area contributed by atoms with E-state index in [4.69, 9.17) is 4.42 Å². The number of thioether (sulfide) groups is 1. The lowest BCUT2D eigenvalue weighted by Crippen LogP contribution is -2.37. The van der Waals surface area contributed by atoms with Gasteiger partial charge in [-0.05, 0) is 25.8 Å². The molecule has 1 amide bonds. The van der Waals surface area contributed by atoms with Crippen molar-refractivity contribution >= 4 is 17.7 Å². The Bertz CT molecular complexity index is 648. The molecule has 0 atom stereocenters. The van der Waals surface area contributed by atoms with Crippen molar-refractivity contribution in [1.82, 2.24) is 25.3 Å². The highest BCUT2D eigenvalue weighted by molar-refractivity contribution is 7.99. The summed E-state index contributed by atoms with van der Waals surface area (Å²) >= 11 is 1.27. The minimum atomic E-state index is 0.0320. The average molecular weight is 335 g/mol. The molecule has 0 saturated heterocycles. The maximum atomic E-state index is 12.0. The molecule has 3 rings (SSSR count). The SMILES string of the molecule is Cc1ccnn1Cc1nnc(SCC(=O)NC2CCCCC2)o1. The molecule has 1 saturated carbocycles. The Morgan fingerprint density at radius 3 is 2.96 bits per heavy atom. The molecule has 0 aromatic carbocycles. The van der Waals surface area contributed by atoms with Gasteiger partial charge in [0, 0.05) is 17.9 Å². The summed E-state index contributed by atoms with van der Waals surface area (Å²) in [6.45, 7) is 2.41. The number of aromatic nitrogens is 4. The summed E-state index contributed by atoms with van der Waals surface area (Å²) in [4.78, 5) is 12.0. The van der Waals surface area contributed by atoms with Crippen LogP contribution in [0.5, 0.6) is 0 Å². The van der Waals surface area contributed by atoms with Gasteiger partial charge in [-0.2, -0.15) is 5.10 Å². The lowest BCUT2D eigenvalue weighted by molar-refractivity contribution is -0.119. The van der Waals surface area contributed by atoms with Crippen molar-refractivity contribution < 1.29 is 9.21 Å². The molecule has 1 N–H and O–H groups in total. The number of nitrogens with one attached hydrogen (secondary N) is 1. The van der Waals surface area contributed by atoms with Gasteiger partial charge in [0.15, 0.2) is 0 Å². The highest BCUT2D eigenvalue weighted by Crippen LogP contribution is 2.19. The summed E-state index contributed by atoms with van der Waals surface area (Å²) < 4.78 is 7.34. The van der Waals surface area contributed by atoms with Gasteiger partial charge in [-0.15, -0.1) is 10.2 Å². The molecule has 0 unspecified atom stereocenters. The zero-order chi connectivity index (χ0) is 16.1. The smallest absolute Gasteiger partial charge is 0.277 e. The predicted octanol–water partition coefficient (Wildman–Crippen LogP) is 2.16. The van der Waals surface area contributed by atoms with Gasteiger partial charge in [-0.1, -0.05) is 31.0 Å². The minimum absolute atomic E-state index is 0.0320. The molecule has 0 radical (unpaired) electrons. The second kappa shape index (κ2) is 7.63. The highest BCUT2D eigenvalue weighted by atomic mass is 32.2. The molecule has 0 aliphatic heterocycles. The standard InChI is InChI=1S/C15H21N5O2S/c1-11-7-8-16-20(11)9-14-18-19-15(22-14)23-10-13(21)17-12-5-3-2-4-6-12/h7-8,12H,2-6,9-10H2,1H3,(H,17,21). The van der Waals surface area contributed by atoms with Crippen LogP contribution in [0.25, 0.3) is 0 Å². The molecule has 7 nitrogen and oxygen atoms in total. The van der Waals surface area contributed by atoms with Crippen molar-refractivity contribution in [3.8, 4) is 0 Å². The normalized spacial score (nSPS) is 15.7. The minimum Gasteiger partial charge on any atom is -0.414 e. The quantitative estimate of drug-likeness (QED) is 0.814. The molecule has 1 aliphatic rings. The number of carbonyl (C=O) groups is 1. The van der Waals surface area contributed by atoms with Crippen LogP contribution in [0.15, 0.2) is 21.9 Å². The summed E-state index contributed by atoms with van der Waals surface area (Å²) in [5, 5.41) is 15.6. The van der Waals surface area contributed by atoms with Crippen molar-refractivity contribution in [3.05, 3.63) is 23.8 Å². The Hall–Kier alpha value is -1.83. The number of rotatable bonds is 6. The van der Waals surface area contributed by atoms with E-state index in [1.807, 2.05) is 13.0 Å². The van der Waals surface area contributed by atoms with E-state index in [0.717, 1.165) is 18.5 Å². The molecule has 8 heteroatoms. The summed E-state index contributed by atoms with van der Waals surface area (Å²) in [7, 11) is 0. The first kappa shape index (κ1) is 16.0. The number of hydrogen-bond acceptors (Lipinski definition) is 6. The summed E-state index contributed by atoms with van der Waals surface area (Å²) in [5.74, 6) is 0.829. The highest BCUT2D eigenvalue weighted by Gasteiger charge is 2.16. The number of hydrogen-bond donors (Lipinski definition) is 1. The Morgan fingerprint density at radius 1 is 1.39 bits per heavy atom. The molecule has 2 aromatic rings. The topological polar surface area (TPSA) is 85.8 Å². The number of carbonyl (C=O) groups excluding carboxylic acids is 1. The summed E-state index contributed by atoms with van der Waals surface area (Å²) in [5.41, 5.74) is 1.03. The van der Waals surface area contributed by atoms with Gasteiger partial charge in [-0.25, -0.2) is 0 Å². The Labute approximate surface area is 139 Å². The van der Waals surface area contributed by atoms with Crippen LogP contribution in [0.2, 0.25) is 0 Å². The lowest BCUT2D eigenvalue weighted by Gasteiger charge is -2.22.